The molecular weight excluding hydrogens is 202 g/mol. The van der Waals surface area contributed by atoms with E-state index in [1.807, 2.05) is 11.0 Å². The molecule has 0 aliphatic carbocycles. The molecule has 0 aliphatic heterocycles. The lowest BCUT2D eigenvalue weighted by atomic mass is 10.1. The summed E-state index contributed by atoms with van der Waals surface area (Å²) in [6.45, 7) is 9.55. The van der Waals surface area contributed by atoms with Crippen molar-refractivity contribution in [1.82, 2.24) is 4.90 Å². The normalized spacial score (nSPS) is 11.8. The molecule has 0 spiro atoms. The summed E-state index contributed by atoms with van der Waals surface area (Å²) in [5.74, 6) is -0.763. The van der Waals surface area contributed by atoms with Crippen molar-refractivity contribution >= 4 is 5.97 Å². The minimum atomic E-state index is -0.763. The van der Waals surface area contributed by atoms with E-state index in [0.717, 1.165) is 32.4 Å². The third-order valence-electron chi connectivity index (χ3n) is 2.38. The van der Waals surface area contributed by atoms with Crippen molar-refractivity contribution in [2.24, 2.45) is 0 Å². The molecule has 0 fully saturated rings. The van der Waals surface area contributed by atoms with E-state index < -0.39 is 5.97 Å². The Bertz CT molecular complexity index is 246. The van der Waals surface area contributed by atoms with E-state index in [1.165, 1.54) is 5.57 Å². The molecule has 0 aliphatic rings. The van der Waals surface area contributed by atoms with Crippen LogP contribution in [0.2, 0.25) is 0 Å². The Balaban J connectivity index is 4.04. The lowest BCUT2D eigenvalue weighted by Crippen LogP contribution is -2.31. The molecule has 16 heavy (non-hydrogen) atoms. The zero-order valence-corrected chi connectivity index (χ0v) is 10.4. The Morgan fingerprint density at radius 2 is 2.12 bits per heavy atom. The fourth-order valence-corrected chi connectivity index (χ4v) is 1.52. The molecule has 0 bridgehead atoms. The molecule has 0 aromatic rings. The number of hydrogen-bond donors (Lipinski definition) is 1. The number of carboxylic acid groups (broad SMARTS) is 1. The molecule has 0 saturated heterocycles. The van der Waals surface area contributed by atoms with Gasteiger partial charge in [-0.3, -0.25) is 9.69 Å². The molecule has 0 saturated carbocycles. The molecule has 0 atom stereocenters. The molecule has 3 heteroatoms. The molecule has 0 amide bonds. The van der Waals surface area contributed by atoms with Crippen LogP contribution in [-0.2, 0) is 4.79 Å². The predicted octanol–water partition coefficient (Wildman–Crippen LogP) is 2.70. The zero-order chi connectivity index (χ0) is 12.4. The Kier molecular flexibility index (Phi) is 8.53. The molecule has 0 aromatic carbocycles. The van der Waals surface area contributed by atoms with Gasteiger partial charge < -0.3 is 5.11 Å². The van der Waals surface area contributed by atoms with Crippen LogP contribution in [0.15, 0.2) is 24.3 Å². The van der Waals surface area contributed by atoms with Crippen molar-refractivity contribution in [2.75, 3.05) is 19.6 Å². The quantitative estimate of drug-likeness (QED) is 0.613. The van der Waals surface area contributed by atoms with Crippen LogP contribution in [-0.4, -0.2) is 35.6 Å². The third kappa shape index (κ3) is 8.24. The van der Waals surface area contributed by atoms with E-state index in [0.29, 0.717) is 0 Å². The van der Waals surface area contributed by atoms with Crippen LogP contribution < -0.4 is 0 Å². The van der Waals surface area contributed by atoms with Crippen LogP contribution in [0.1, 0.15) is 33.1 Å². The van der Waals surface area contributed by atoms with Crippen molar-refractivity contribution in [3.05, 3.63) is 24.3 Å². The molecule has 0 rings (SSSR count). The van der Waals surface area contributed by atoms with E-state index in [1.54, 1.807) is 0 Å². The number of carbonyl (C=O) groups is 1. The minimum Gasteiger partial charge on any atom is -0.480 e. The second kappa shape index (κ2) is 9.16. The highest BCUT2D eigenvalue weighted by Gasteiger charge is 2.08. The lowest BCUT2D eigenvalue weighted by Gasteiger charge is -2.19. The van der Waals surface area contributed by atoms with Crippen molar-refractivity contribution in [2.45, 2.75) is 33.1 Å². The van der Waals surface area contributed by atoms with Gasteiger partial charge in [0.1, 0.15) is 0 Å². The maximum absolute atomic E-state index is 10.7. The van der Waals surface area contributed by atoms with Gasteiger partial charge in [-0.2, -0.15) is 0 Å². The number of allylic oxidation sites excluding steroid dienone is 1. The standard InChI is InChI=1S/C13H23NO2/c1-4-6-9-14(11-13(15)16)10-8-12(3)7-5-2/h4,7H,1,5-6,8-11H2,2-3H3,(H,15,16)/b12-7+. The zero-order valence-electron chi connectivity index (χ0n) is 10.4. The molecule has 92 valence electrons. The Labute approximate surface area is 98.5 Å². The lowest BCUT2D eigenvalue weighted by molar-refractivity contribution is -0.138. The highest BCUT2D eigenvalue weighted by atomic mass is 16.4. The molecular formula is C13H23NO2. The van der Waals surface area contributed by atoms with Crippen molar-refractivity contribution in [3.63, 3.8) is 0 Å². The predicted molar refractivity (Wildman–Crippen MR) is 67.6 cm³/mol. The van der Waals surface area contributed by atoms with Gasteiger partial charge in [0, 0.05) is 13.1 Å². The van der Waals surface area contributed by atoms with Gasteiger partial charge in [0.15, 0.2) is 0 Å². The Morgan fingerprint density at radius 1 is 1.44 bits per heavy atom. The van der Waals surface area contributed by atoms with E-state index in [-0.39, 0.29) is 6.54 Å². The van der Waals surface area contributed by atoms with Gasteiger partial charge in [-0.25, -0.2) is 0 Å². The molecule has 0 aromatic heterocycles. The molecule has 3 nitrogen and oxygen atoms in total. The highest BCUT2D eigenvalue weighted by Crippen LogP contribution is 2.04. The summed E-state index contributed by atoms with van der Waals surface area (Å²) >= 11 is 0. The van der Waals surface area contributed by atoms with Crippen molar-refractivity contribution < 1.29 is 9.90 Å². The molecule has 0 unspecified atom stereocenters. The van der Waals surface area contributed by atoms with Gasteiger partial charge in [-0.15, -0.1) is 6.58 Å². The first kappa shape index (κ1) is 14.9. The van der Waals surface area contributed by atoms with E-state index in [4.69, 9.17) is 5.11 Å². The first-order valence-corrected chi connectivity index (χ1v) is 5.80. The highest BCUT2D eigenvalue weighted by molar-refractivity contribution is 5.69. The molecule has 0 radical (unpaired) electrons. The van der Waals surface area contributed by atoms with Gasteiger partial charge in [0.25, 0.3) is 0 Å². The van der Waals surface area contributed by atoms with E-state index >= 15 is 0 Å². The summed E-state index contributed by atoms with van der Waals surface area (Å²) in [6, 6.07) is 0. The number of rotatable bonds is 9. The summed E-state index contributed by atoms with van der Waals surface area (Å²) in [5, 5.41) is 8.77. The average molecular weight is 225 g/mol. The smallest absolute Gasteiger partial charge is 0.317 e. The van der Waals surface area contributed by atoms with Gasteiger partial charge in [0.2, 0.25) is 0 Å². The third-order valence-corrected chi connectivity index (χ3v) is 2.38. The number of aliphatic carboxylic acids is 1. The number of nitrogens with zero attached hydrogens (tertiary/aromatic N) is 1. The molecule has 1 N–H and O–H groups in total. The van der Waals surface area contributed by atoms with E-state index in [2.05, 4.69) is 26.5 Å². The minimum absolute atomic E-state index is 0.118. The maximum atomic E-state index is 10.7. The van der Waals surface area contributed by atoms with Crippen LogP contribution >= 0.6 is 0 Å². The van der Waals surface area contributed by atoms with Gasteiger partial charge in [0.05, 0.1) is 6.54 Å². The summed E-state index contributed by atoms with van der Waals surface area (Å²) in [7, 11) is 0. The van der Waals surface area contributed by atoms with Gasteiger partial charge in [-0.05, 0) is 26.2 Å². The summed E-state index contributed by atoms with van der Waals surface area (Å²) in [6.07, 6.45) is 6.83. The first-order valence-electron chi connectivity index (χ1n) is 5.80. The van der Waals surface area contributed by atoms with Crippen LogP contribution in [0.3, 0.4) is 0 Å². The van der Waals surface area contributed by atoms with Crippen LogP contribution in [0.5, 0.6) is 0 Å². The second-order valence-electron chi connectivity index (χ2n) is 3.96. The monoisotopic (exact) mass is 225 g/mol. The van der Waals surface area contributed by atoms with Gasteiger partial charge >= 0.3 is 5.97 Å². The first-order chi connectivity index (χ1) is 7.60. The number of hydrogen-bond acceptors (Lipinski definition) is 2. The summed E-state index contributed by atoms with van der Waals surface area (Å²) < 4.78 is 0. The van der Waals surface area contributed by atoms with Crippen molar-refractivity contribution in [1.29, 1.82) is 0 Å². The Morgan fingerprint density at radius 3 is 2.62 bits per heavy atom. The van der Waals surface area contributed by atoms with Crippen LogP contribution in [0.4, 0.5) is 0 Å². The number of carboxylic acids is 1. The topological polar surface area (TPSA) is 40.5 Å². The van der Waals surface area contributed by atoms with Crippen LogP contribution in [0.25, 0.3) is 0 Å². The van der Waals surface area contributed by atoms with Crippen molar-refractivity contribution in [3.8, 4) is 0 Å². The summed E-state index contributed by atoms with van der Waals surface area (Å²) in [5.41, 5.74) is 1.33. The SMILES string of the molecule is C=CCCN(CC/C(C)=C/CC)CC(=O)O. The van der Waals surface area contributed by atoms with E-state index in [9.17, 15) is 4.79 Å². The van der Waals surface area contributed by atoms with Gasteiger partial charge in [-0.1, -0.05) is 24.6 Å². The summed E-state index contributed by atoms with van der Waals surface area (Å²) in [4.78, 5) is 12.6. The fourth-order valence-electron chi connectivity index (χ4n) is 1.52. The average Bonchev–Trinajstić information content (AvgIpc) is 2.22. The largest absolute Gasteiger partial charge is 0.480 e. The fraction of sp³-hybridized carbons (Fsp3) is 0.615. The Hall–Kier alpha value is -1.09. The second-order valence-corrected chi connectivity index (χ2v) is 3.96. The molecule has 0 heterocycles. The maximum Gasteiger partial charge on any atom is 0.317 e. The van der Waals surface area contributed by atoms with Crippen LogP contribution in [0, 0.1) is 0 Å².